The summed E-state index contributed by atoms with van der Waals surface area (Å²) < 4.78 is 20.6. The van der Waals surface area contributed by atoms with Crippen molar-refractivity contribution in [1.29, 1.82) is 0 Å². The number of carbonyl (C=O) groups is 1. The molecule has 0 aliphatic heterocycles. The van der Waals surface area contributed by atoms with Crippen LogP contribution >= 0.6 is 11.7 Å². The van der Waals surface area contributed by atoms with Crippen LogP contribution in [0.2, 0.25) is 0 Å². The van der Waals surface area contributed by atoms with Crippen molar-refractivity contribution in [3.8, 4) is 0 Å². The quantitative estimate of drug-likeness (QED) is 0.768. The maximum absolute atomic E-state index is 13.0. The molecule has 2 rings (SSSR count). The molecule has 0 aliphatic rings. The highest BCUT2D eigenvalue weighted by atomic mass is 32.1. The van der Waals surface area contributed by atoms with Crippen LogP contribution in [0.25, 0.3) is 0 Å². The van der Waals surface area contributed by atoms with E-state index in [-0.39, 0.29) is 18.0 Å². The highest BCUT2D eigenvalue weighted by molar-refractivity contribution is 6.99. The fourth-order valence-corrected chi connectivity index (χ4v) is 1.81. The van der Waals surface area contributed by atoms with Gasteiger partial charge in [0.25, 0.3) is 0 Å². The number of aromatic nitrogens is 2. The van der Waals surface area contributed by atoms with Crippen LogP contribution in [0.4, 0.5) is 4.39 Å². The van der Waals surface area contributed by atoms with Crippen molar-refractivity contribution in [3.63, 3.8) is 0 Å². The maximum Gasteiger partial charge on any atom is 0.188 e. The second-order valence-corrected chi connectivity index (χ2v) is 4.03. The second kappa shape index (κ2) is 4.49. The Morgan fingerprint density at radius 3 is 2.94 bits per heavy atom. The Balaban J connectivity index is 2.15. The Morgan fingerprint density at radius 2 is 2.31 bits per heavy atom. The van der Waals surface area contributed by atoms with Crippen LogP contribution in [-0.2, 0) is 6.42 Å². The fraction of sp³-hybridized carbons (Fsp3) is 0.182. The average Bonchev–Trinajstić information content (AvgIpc) is 2.77. The summed E-state index contributed by atoms with van der Waals surface area (Å²) in [4.78, 5) is 11.7. The van der Waals surface area contributed by atoms with Gasteiger partial charge in [0.15, 0.2) is 5.78 Å². The predicted molar refractivity (Wildman–Crippen MR) is 59.1 cm³/mol. The number of benzene rings is 1. The van der Waals surface area contributed by atoms with Crippen LogP contribution < -0.4 is 0 Å². The van der Waals surface area contributed by atoms with E-state index in [2.05, 4.69) is 8.75 Å². The van der Waals surface area contributed by atoms with Gasteiger partial charge in [0.05, 0.1) is 17.9 Å². The lowest BCUT2D eigenvalue weighted by atomic mass is 10.0. The summed E-state index contributed by atoms with van der Waals surface area (Å²) in [7, 11) is 0. The Hall–Kier alpha value is -1.62. The predicted octanol–water partition coefficient (Wildman–Crippen LogP) is 2.41. The number of hydrogen-bond donors (Lipinski definition) is 0. The molecule has 0 saturated heterocycles. The van der Waals surface area contributed by atoms with Gasteiger partial charge in [-0.15, -0.1) is 0 Å². The molecule has 2 aromatic rings. The number of aryl methyl sites for hydroxylation is 1. The van der Waals surface area contributed by atoms with Gasteiger partial charge in [0.1, 0.15) is 11.5 Å². The third-order valence-corrected chi connectivity index (χ3v) is 2.71. The van der Waals surface area contributed by atoms with Crippen molar-refractivity contribution in [3.05, 3.63) is 47.0 Å². The molecule has 0 bridgehead atoms. The van der Waals surface area contributed by atoms with Gasteiger partial charge in [-0.25, -0.2) is 4.39 Å². The number of Topliss-reactive ketones (excluding diaryl/α,β-unsaturated/α-hetero) is 1. The first-order valence-corrected chi connectivity index (χ1v) is 5.45. The van der Waals surface area contributed by atoms with E-state index < -0.39 is 0 Å². The molecule has 0 unspecified atom stereocenters. The first-order valence-electron chi connectivity index (χ1n) is 4.72. The standard InChI is InChI=1S/C11H9FN2OS/c1-7-4-8(2-3-9(7)12)5-11(15)10-6-13-16-14-10/h2-4,6H,5H2,1H3. The minimum Gasteiger partial charge on any atom is -0.292 e. The van der Waals surface area contributed by atoms with Crippen molar-refractivity contribution in [2.24, 2.45) is 0 Å². The summed E-state index contributed by atoms with van der Waals surface area (Å²) >= 11 is 1.00. The fourth-order valence-electron chi connectivity index (χ4n) is 1.38. The molecular formula is C11H9FN2OS. The van der Waals surface area contributed by atoms with Crippen molar-refractivity contribution < 1.29 is 9.18 Å². The topological polar surface area (TPSA) is 42.9 Å². The lowest BCUT2D eigenvalue weighted by Crippen LogP contribution is -2.04. The third kappa shape index (κ3) is 2.30. The molecule has 1 aromatic carbocycles. The molecule has 1 aromatic heterocycles. The number of nitrogens with zero attached hydrogens (tertiary/aromatic N) is 2. The Kier molecular flexibility index (Phi) is 3.05. The van der Waals surface area contributed by atoms with Gasteiger partial charge in [0.2, 0.25) is 0 Å². The summed E-state index contributed by atoms with van der Waals surface area (Å²) in [5.74, 6) is -0.355. The molecule has 0 spiro atoms. The zero-order chi connectivity index (χ0) is 11.5. The largest absolute Gasteiger partial charge is 0.292 e. The van der Waals surface area contributed by atoms with Gasteiger partial charge < -0.3 is 0 Å². The third-order valence-electron chi connectivity index (χ3n) is 2.23. The van der Waals surface area contributed by atoms with Gasteiger partial charge in [-0.05, 0) is 24.1 Å². The van der Waals surface area contributed by atoms with E-state index in [0.29, 0.717) is 11.3 Å². The van der Waals surface area contributed by atoms with E-state index >= 15 is 0 Å². The lowest BCUT2D eigenvalue weighted by Gasteiger charge is -2.01. The van der Waals surface area contributed by atoms with E-state index in [1.807, 2.05) is 0 Å². The Morgan fingerprint density at radius 1 is 1.50 bits per heavy atom. The van der Waals surface area contributed by atoms with Crippen LogP contribution in [0.3, 0.4) is 0 Å². The van der Waals surface area contributed by atoms with Crippen LogP contribution in [-0.4, -0.2) is 14.5 Å². The second-order valence-electron chi connectivity index (χ2n) is 3.48. The van der Waals surface area contributed by atoms with Crippen LogP contribution in [0.1, 0.15) is 21.6 Å². The molecule has 5 heteroatoms. The van der Waals surface area contributed by atoms with Crippen molar-refractivity contribution in [1.82, 2.24) is 8.75 Å². The van der Waals surface area contributed by atoms with Gasteiger partial charge in [0, 0.05) is 6.42 Å². The number of halogens is 1. The zero-order valence-electron chi connectivity index (χ0n) is 8.61. The van der Waals surface area contributed by atoms with Gasteiger partial charge in [-0.3, -0.25) is 4.79 Å². The van der Waals surface area contributed by atoms with E-state index in [1.54, 1.807) is 19.1 Å². The molecule has 0 N–H and O–H groups in total. The number of hydrogen-bond acceptors (Lipinski definition) is 4. The molecule has 0 amide bonds. The molecule has 0 aliphatic carbocycles. The minimum absolute atomic E-state index is 0.0974. The smallest absolute Gasteiger partial charge is 0.188 e. The Bertz CT molecular complexity index is 511. The van der Waals surface area contributed by atoms with Crippen LogP contribution in [0.15, 0.2) is 24.4 Å². The first kappa shape index (κ1) is 10.9. The average molecular weight is 236 g/mol. The summed E-state index contributed by atoms with van der Waals surface area (Å²) in [6.45, 7) is 1.67. The van der Waals surface area contributed by atoms with E-state index in [1.165, 1.54) is 12.3 Å². The van der Waals surface area contributed by atoms with Crippen LogP contribution in [0.5, 0.6) is 0 Å². The maximum atomic E-state index is 13.0. The van der Waals surface area contributed by atoms with Gasteiger partial charge in [-0.2, -0.15) is 8.75 Å². The number of rotatable bonds is 3. The zero-order valence-corrected chi connectivity index (χ0v) is 9.42. The lowest BCUT2D eigenvalue weighted by molar-refractivity contribution is 0.0989. The van der Waals surface area contributed by atoms with Crippen molar-refractivity contribution in [2.45, 2.75) is 13.3 Å². The summed E-state index contributed by atoms with van der Waals surface area (Å²) in [6.07, 6.45) is 1.68. The number of ketones is 1. The summed E-state index contributed by atoms with van der Waals surface area (Å²) in [5, 5.41) is 0. The highest BCUT2D eigenvalue weighted by Crippen LogP contribution is 2.11. The summed E-state index contributed by atoms with van der Waals surface area (Å²) in [6, 6.07) is 4.66. The van der Waals surface area contributed by atoms with E-state index in [4.69, 9.17) is 0 Å². The highest BCUT2D eigenvalue weighted by Gasteiger charge is 2.10. The van der Waals surface area contributed by atoms with E-state index in [9.17, 15) is 9.18 Å². The molecule has 0 fully saturated rings. The van der Waals surface area contributed by atoms with Crippen molar-refractivity contribution in [2.75, 3.05) is 0 Å². The molecule has 0 saturated carbocycles. The van der Waals surface area contributed by atoms with E-state index in [0.717, 1.165) is 17.3 Å². The molecule has 0 radical (unpaired) electrons. The molecule has 1 heterocycles. The molecule has 3 nitrogen and oxygen atoms in total. The Labute approximate surface area is 96.3 Å². The molecule has 0 atom stereocenters. The molecule has 16 heavy (non-hydrogen) atoms. The summed E-state index contributed by atoms with van der Waals surface area (Å²) in [5.41, 5.74) is 1.70. The first-order chi connectivity index (χ1) is 7.66. The SMILES string of the molecule is Cc1cc(CC(=O)c2cnsn2)ccc1F. The van der Waals surface area contributed by atoms with Crippen LogP contribution in [0, 0.1) is 12.7 Å². The van der Waals surface area contributed by atoms with Gasteiger partial charge >= 0.3 is 0 Å². The monoisotopic (exact) mass is 236 g/mol. The van der Waals surface area contributed by atoms with Gasteiger partial charge in [-0.1, -0.05) is 12.1 Å². The number of carbonyl (C=O) groups excluding carboxylic acids is 1. The molecular weight excluding hydrogens is 227 g/mol. The van der Waals surface area contributed by atoms with Crippen molar-refractivity contribution >= 4 is 17.5 Å². The minimum atomic E-state index is -0.258. The molecule has 82 valence electrons. The normalized spacial score (nSPS) is 10.4.